The summed E-state index contributed by atoms with van der Waals surface area (Å²) < 4.78 is 0. The fraction of sp³-hybridized carbons (Fsp3) is 0.0714. The molecule has 0 aliphatic rings. The Balaban J connectivity index is 2.08. The minimum Gasteiger partial charge on any atom is -0.314 e. The van der Waals surface area contributed by atoms with E-state index in [-0.39, 0.29) is 11.7 Å². The molecule has 4 heteroatoms. The largest absolute Gasteiger partial charge is 0.314 e. The zero-order chi connectivity index (χ0) is 22.4. The van der Waals surface area contributed by atoms with Crippen molar-refractivity contribution in [3.63, 3.8) is 0 Å². The Morgan fingerprint density at radius 1 is 0.594 bits per heavy atom. The van der Waals surface area contributed by atoms with Gasteiger partial charge in [-0.25, -0.2) is 0 Å². The van der Waals surface area contributed by atoms with E-state index in [4.69, 9.17) is 0 Å². The van der Waals surface area contributed by atoms with Gasteiger partial charge in [-0.3, -0.25) is 9.59 Å². The van der Waals surface area contributed by atoms with Crippen molar-refractivity contribution < 1.29 is 9.59 Å². The first-order valence-electron chi connectivity index (χ1n) is 10.6. The molecule has 158 valence electrons. The van der Waals surface area contributed by atoms with Crippen molar-refractivity contribution >= 4 is 34.9 Å². The van der Waals surface area contributed by atoms with Crippen LogP contribution < -0.4 is 21.2 Å². The van der Waals surface area contributed by atoms with Crippen LogP contribution >= 0.6 is 7.26 Å². The van der Waals surface area contributed by atoms with Gasteiger partial charge < -0.3 is 5.32 Å². The number of nitrogens with one attached hydrogen (secondary N) is 1. The molecule has 1 unspecified atom stereocenters. The van der Waals surface area contributed by atoms with E-state index in [9.17, 15) is 9.59 Å². The van der Waals surface area contributed by atoms with E-state index >= 15 is 0 Å². The lowest BCUT2D eigenvalue weighted by molar-refractivity contribution is -0.119. The molecule has 0 saturated carbocycles. The van der Waals surface area contributed by atoms with Gasteiger partial charge in [-0.2, -0.15) is 0 Å². The van der Waals surface area contributed by atoms with Gasteiger partial charge in [0, 0.05) is 12.5 Å². The average molecular weight is 438 g/mol. The second kappa shape index (κ2) is 9.72. The van der Waals surface area contributed by atoms with Gasteiger partial charge in [0.25, 0.3) is 0 Å². The lowest BCUT2D eigenvalue weighted by atomic mass is 10.1. The molecule has 0 aliphatic heterocycles. The third-order valence-electron chi connectivity index (χ3n) is 5.52. The van der Waals surface area contributed by atoms with Crippen molar-refractivity contribution in [2.45, 2.75) is 12.7 Å². The fourth-order valence-corrected chi connectivity index (χ4v) is 8.77. The molecule has 0 bridgehead atoms. The van der Waals surface area contributed by atoms with Crippen LogP contribution in [0.4, 0.5) is 0 Å². The summed E-state index contributed by atoms with van der Waals surface area (Å²) in [6, 6.07) is 39.5. The molecule has 0 spiro atoms. The fourth-order valence-electron chi connectivity index (χ4n) is 4.17. The molecule has 4 aromatic carbocycles. The third-order valence-corrected chi connectivity index (χ3v) is 10.0. The highest BCUT2D eigenvalue weighted by atomic mass is 31.2. The van der Waals surface area contributed by atoms with E-state index in [2.05, 4.69) is 41.7 Å². The minimum absolute atomic E-state index is 0.0920. The SMILES string of the molecule is CC(=O)NC(C(=O)c1ccccc1)[P+](c1ccccc1)(c1ccccc1)c1ccccc1. The van der Waals surface area contributed by atoms with Crippen LogP contribution in [0.2, 0.25) is 0 Å². The number of hydrogen-bond acceptors (Lipinski definition) is 2. The van der Waals surface area contributed by atoms with Gasteiger partial charge >= 0.3 is 0 Å². The summed E-state index contributed by atoms with van der Waals surface area (Å²) in [5.74, 6) is -1.06. The van der Waals surface area contributed by atoms with Crippen molar-refractivity contribution in [2.24, 2.45) is 0 Å². The number of carbonyl (C=O) groups is 2. The van der Waals surface area contributed by atoms with Crippen molar-refractivity contribution in [3.8, 4) is 0 Å². The summed E-state index contributed by atoms with van der Waals surface area (Å²) in [5.41, 5.74) is 0.582. The van der Waals surface area contributed by atoms with Crippen LogP contribution in [-0.2, 0) is 4.79 Å². The summed E-state index contributed by atoms with van der Waals surface area (Å²) in [6.07, 6.45) is 0. The zero-order valence-electron chi connectivity index (χ0n) is 17.9. The summed E-state index contributed by atoms with van der Waals surface area (Å²) in [6.45, 7) is 1.47. The maximum atomic E-state index is 14.1. The molecule has 0 heterocycles. The molecule has 3 nitrogen and oxygen atoms in total. The highest BCUT2D eigenvalue weighted by Crippen LogP contribution is 2.59. The summed E-state index contributed by atoms with van der Waals surface area (Å²) in [5, 5.41) is 6.20. The van der Waals surface area contributed by atoms with Crippen LogP contribution in [-0.4, -0.2) is 17.5 Å². The number of amides is 1. The molecule has 1 N–H and O–H groups in total. The van der Waals surface area contributed by atoms with Gasteiger partial charge in [0.15, 0.2) is 0 Å². The van der Waals surface area contributed by atoms with Crippen LogP contribution in [0.15, 0.2) is 121 Å². The standard InChI is InChI=1S/C28H24NO2P/c1-22(30)29-28(27(31)23-14-6-2-7-15-23)32(24-16-8-3-9-17-24,25-18-10-4-11-19-25)26-20-12-5-13-21-26/h2-21,28H,1H3/p+1. The quantitative estimate of drug-likeness (QED) is 0.345. The Labute approximate surface area is 189 Å². The number of hydrogen-bond donors (Lipinski definition) is 1. The first kappa shape index (κ1) is 21.7. The summed E-state index contributed by atoms with van der Waals surface area (Å²) in [4.78, 5) is 26.5. The maximum absolute atomic E-state index is 14.1. The zero-order valence-corrected chi connectivity index (χ0v) is 18.8. The molecule has 0 aromatic heterocycles. The normalized spacial score (nSPS) is 12.0. The van der Waals surface area contributed by atoms with Gasteiger partial charge in [-0.15, -0.1) is 0 Å². The molecule has 0 radical (unpaired) electrons. The number of rotatable bonds is 7. The minimum atomic E-state index is -2.62. The van der Waals surface area contributed by atoms with E-state index in [0.717, 1.165) is 15.9 Å². The van der Waals surface area contributed by atoms with Crippen LogP contribution in [0.5, 0.6) is 0 Å². The van der Waals surface area contributed by atoms with Gasteiger partial charge in [0.2, 0.25) is 17.5 Å². The number of carbonyl (C=O) groups excluding carboxylic acids is 2. The topological polar surface area (TPSA) is 46.2 Å². The van der Waals surface area contributed by atoms with E-state index in [1.165, 1.54) is 6.92 Å². The Morgan fingerprint density at radius 2 is 0.938 bits per heavy atom. The summed E-state index contributed by atoms with van der Waals surface area (Å²) in [7, 11) is -2.62. The van der Waals surface area contributed by atoms with Gasteiger partial charge in [-0.05, 0) is 36.4 Å². The van der Waals surface area contributed by atoms with E-state index < -0.39 is 13.0 Å². The van der Waals surface area contributed by atoms with Crippen LogP contribution in [0.25, 0.3) is 0 Å². The van der Waals surface area contributed by atoms with Crippen molar-refractivity contribution in [1.82, 2.24) is 5.32 Å². The molecule has 0 saturated heterocycles. The van der Waals surface area contributed by atoms with Gasteiger partial charge in [0.1, 0.15) is 23.2 Å². The van der Waals surface area contributed by atoms with Crippen molar-refractivity contribution in [2.75, 3.05) is 0 Å². The third kappa shape index (κ3) is 4.12. The molecular weight excluding hydrogens is 413 g/mol. The molecule has 32 heavy (non-hydrogen) atoms. The molecule has 1 amide bonds. The Hall–Kier alpha value is -3.55. The van der Waals surface area contributed by atoms with E-state index in [1.807, 2.05) is 84.9 Å². The van der Waals surface area contributed by atoms with Gasteiger partial charge in [-0.1, -0.05) is 84.9 Å². The molecule has 4 rings (SSSR count). The molecule has 4 aromatic rings. The second-order valence-electron chi connectivity index (χ2n) is 7.56. The van der Waals surface area contributed by atoms with Crippen molar-refractivity contribution in [3.05, 3.63) is 127 Å². The monoisotopic (exact) mass is 438 g/mol. The number of Topliss-reactive ketones (excluding diaryl/α,β-unsaturated/α-hetero) is 1. The first-order chi connectivity index (χ1) is 15.6. The highest BCUT2D eigenvalue weighted by Gasteiger charge is 2.56. The van der Waals surface area contributed by atoms with E-state index in [0.29, 0.717) is 5.56 Å². The molecule has 1 atom stereocenters. The van der Waals surface area contributed by atoms with Crippen LogP contribution in [0.1, 0.15) is 17.3 Å². The van der Waals surface area contributed by atoms with Crippen LogP contribution in [0, 0.1) is 0 Å². The van der Waals surface area contributed by atoms with Crippen LogP contribution in [0.3, 0.4) is 0 Å². The molecular formula is C28H25NO2P+. The smallest absolute Gasteiger partial charge is 0.224 e. The summed E-state index contributed by atoms with van der Waals surface area (Å²) >= 11 is 0. The Kier molecular flexibility index (Phi) is 6.58. The lowest BCUT2D eigenvalue weighted by Crippen LogP contribution is -2.51. The average Bonchev–Trinajstić information content (AvgIpc) is 2.86. The maximum Gasteiger partial charge on any atom is 0.224 e. The van der Waals surface area contributed by atoms with Gasteiger partial charge in [0.05, 0.1) is 0 Å². The van der Waals surface area contributed by atoms with Crippen molar-refractivity contribution in [1.29, 1.82) is 0 Å². The van der Waals surface area contributed by atoms with E-state index in [1.54, 1.807) is 0 Å². The Bertz CT molecular complexity index is 1080. The second-order valence-corrected chi connectivity index (χ2v) is 11.1. The predicted octanol–water partition coefficient (Wildman–Crippen LogP) is 4.33. The highest BCUT2D eigenvalue weighted by molar-refractivity contribution is 7.96. The molecule has 0 aliphatic carbocycles. The first-order valence-corrected chi connectivity index (χ1v) is 12.4. The molecule has 0 fully saturated rings. The predicted molar refractivity (Wildman–Crippen MR) is 134 cm³/mol. The lowest BCUT2D eigenvalue weighted by Gasteiger charge is -2.34. The number of benzene rings is 4. The number of ketones is 1. The Morgan fingerprint density at radius 3 is 1.28 bits per heavy atom.